The van der Waals surface area contributed by atoms with Gasteiger partial charge in [-0.3, -0.25) is 4.79 Å². The quantitative estimate of drug-likeness (QED) is 0.313. The molecule has 0 spiro atoms. The van der Waals surface area contributed by atoms with Crippen LogP contribution in [0.3, 0.4) is 0 Å². The third-order valence-electron chi connectivity index (χ3n) is 5.84. The van der Waals surface area contributed by atoms with Crippen LogP contribution in [-0.2, 0) is 12.8 Å². The monoisotopic (exact) mass is 477 g/mol. The van der Waals surface area contributed by atoms with Crippen LogP contribution >= 0.6 is 22.9 Å². The van der Waals surface area contributed by atoms with Crippen molar-refractivity contribution in [2.75, 3.05) is 10.6 Å². The van der Waals surface area contributed by atoms with Crippen LogP contribution in [0.25, 0.3) is 0 Å². The lowest BCUT2D eigenvalue weighted by atomic mass is 9.89. The topological polar surface area (TPSA) is 67.2 Å². The van der Waals surface area contributed by atoms with Gasteiger partial charge >= 0.3 is 0 Å². The van der Waals surface area contributed by atoms with Crippen LogP contribution in [0.5, 0.6) is 0 Å². The number of pyridine rings is 1. The number of nitrogens with zero attached hydrogens (tertiary/aromatic N) is 1. The molecule has 7 heteroatoms. The van der Waals surface area contributed by atoms with Gasteiger partial charge in [-0.15, -0.1) is 11.3 Å². The van der Waals surface area contributed by atoms with E-state index in [9.17, 15) is 4.79 Å². The summed E-state index contributed by atoms with van der Waals surface area (Å²) in [5, 5.41) is 8.26. The summed E-state index contributed by atoms with van der Waals surface area (Å²) in [6.45, 7) is 1.97. The number of halogens is 1. The molecule has 5 rings (SSSR count). The molecule has 4 aromatic rings. The maximum Gasteiger partial charge on any atom is 0.291 e. The second-order valence-corrected chi connectivity index (χ2v) is 9.72. The summed E-state index contributed by atoms with van der Waals surface area (Å²) in [5.74, 6) is 0.817. The van der Waals surface area contributed by atoms with Gasteiger partial charge in [-0.05, 0) is 80.1 Å². The van der Waals surface area contributed by atoms with Gasteiger partial charge < -0.3 is 15.1 Å². The Kier molecular flexibility index (Phi) is 6.20. The van der Waals surface area contributed by atoms with Crippen molar-refractivity contribution in [1.29, 1.82) is 0 Å². The first-order valence-corrected chi connectivity index (χ1v) is 12.2. The molecule has 1 atom stereocenters. The number of rotatable bonds is 6. The summed E-state index contributed by atoms with van der Waals surface area (Å²) in [6.07, 6.45) is 5.81. The van der Waals surface area contributed by atoms with Crippen LogP contribution in [0.1, 0.15) is 56.7 Å². The van der Waals surface area contributed by atoms with Crippen LogP contribution in [-0.4, -0.2) is 10.9 Å². The summed E-state index contributed by atoms with van der Waals surface area (Å²) in [5.41, 5.74) is 4.35. The molecule has 1 amide bonds. The highest BCUT2D eigenvalue weighted by molar-refractivity contribution is 7.16. The van der Waals surface area contributed by atoms with Gasteiger partial charge in [-0.1, -0.05) is 29.8 Å². The molecule has 1 unspecified atom stereocenters. The molecule has 33 heavy (non-hydrogen) atoms. The second-order valence-electron chi connectivity index (χ2n) is 8.18. The van der Waals surface area contributed by atoms with E-state index < -0.39 is 0 Å². The van der Waals surface area contributed by atoms with Gasteiger partial charge in [-0.25, -0.2) is 4.98 Å². The van der Waals surface area contributed by atoms with Crippen LogP contribution < -0.4 is 10.6 Å². The van der Waals surface area contributed by atoms with Crippen LogP contribution in [0.2, 0.25) is 5.02 Å². The van der Waals surface area contributed by atoms with Crippen molar-refractivity contribution in [1.82, 2.24) is 4.98 Å². The molecule has 0 bridgehead atoms. The fourth-order valence-corrected chi connectivity index (χ4v) is 5.86. The fourth-order valence-electron chi connectivity index (χ4n) is 4.34. The lowest BCUT2D eigenvalue weighted by Gasteiger charge is -2.24. The maximum atomic E-state index is 12.9. The molecule has 168 valence electrons. The highest BCUT2D eigenvalue weighted by Gasteiger charge is 2.29. The Morgan fingerprint density at radius 1 is 1.12 bits per heavy atom. The smallest absolute Gasteiger partial charge is 0.291 e. The normalized spacial score (nSPS) is 13.9. The zero-order valence-electron chi connectivity index (χ0n) is 18.2. The van der Waals surface area contributed by atoms with Crippen molar-refractivity contribution in [3.05, 3.63) is 98.9 Å². The Morgan fingerprint density at radius 3 is 2.76 bits per heavy atom. The highest BCUT2D eigenvalue weighted by atomic mass is 35.5. The predicted molar refractivity (Wildman–Crippen MR) is 134 cm³/mol. The van der Waals surface area contributed by atoms with Gasteiger partial charge in [0.05, 0.1) is 12.3 Å². The van der Waals surface area contributed by atoms with E-state index in [4.69, 9.17) is 16.0 Å². The summed E-state index contributed by atoms with van der Waals surface area (Å²) >= 11 is 8.05. The average Bonchev–Trinajstić information content (AvgIpc) is 3.46. The summed E-state index contributed by atoms with van der Waals surface area (Å²) in [4.78, 5) is 18.9. The Hall–Kier alpha value is -3.09. The molecule has 3 aromatic heterocycles. The summed E-state index contributed by atoms with van der Waals surface area (Å²) in [6, 6.07) is 17.0. The molecule has 0 fully saturated rings. The molecule has 1 aliphatic carbocycles. The van der Waals surface area contributed by atoms with Crippen LogP contribution in [0, 0.1) is 6.92 Å². The van der Waals surface area contributed by atoms with Gasteiger partial charge in [0.2, 0.25) is 0 Å². The molecule has 1 aliphatic rings. The van der Waals surface area contributed by atoms with Crippen molar-refractivity contribution in [2.45, 2.75) is 38.6 Å². The Bertz CT molecular complexity index is 1280. The number of aryl methyl sites for hydroxylation is 2. The molecule has 0 radical (unpaired) electrons. The van der Waals surface area contributed by atoms with E-state index in [1.165, 1.54) is 16.7 Å². The lowest BCUT2D eigenvalue weighted by Crippen LogP contribution is -2.19. The number of thiophene rings is 1. The van der Waals surface area contributed by atoms with Crippen molar-refractivity contribution in [3.63, 3.8) is 0 Å². The van der Waals surface area contributed by atoms with E-state index in [-0.39, 0.29) is 11.9 Å². The van der Waals surface area contributed by atoms with Crippen LogP contribution in [0.4, 0.5) is 10.8 Å². The van der Waals surface area contributed by atoms with Crippen molar-refractivity contribution in [2.24, 2.45) is 0 Å². The largest absolute Gasteiger partial charge is 0.459 e. The highest BCUT2D eigenvalue weighted by Crippen LogP contribution is 2.44. The summed E-state index contributed by atoms with van der Waals surface area (Å²) in [7, 11) is 0. The zero-order valence-corrected chi connectivity index (χ0v) is 19.8. The Labute approximate surface area is 201 Å². The van der Waals surface area contributed by atoms with Gasteiger partial charge in [-0.2, -0.15) is 0 Å². The number of amides is 1. The first kappa shape index (κ1) is 21.7. The van der Waals surface area contributed by atoms with E-state index in [1.54, 1.807) is 23.5 Å². The first-order valence-electron chi connectivity index (χ1n) is 11.0. The maximum absolute atomic E-state index is 12.9. The average molecular weight is 478 g/mol. The minimum atomic E-state index is -0.252. The SMILES string of the molecule is Cc1cccc(NC(c2cccc(Cl)c2)c2c(NC(=O)c3ccco3)sc3c2CCCC3)n1. The minimum absolute atomic E-state index is 0.219. The molecular weight excluding hydrogens is 454 g/mol. The van der Waals surface area contributed by atoms with E-state index in [2.05, 4.69) is 21.7 Å². The molecule has 3 heterocycles. The Balaban J connectivity index is 1.62. The Morgan fingerprint density at radius 2 is 1.97 bits per heavy atom. The number of hydrogen-bond acceptors (Lipinski definition) is 5. The summed E-state index contributed by atoms with van der Waals surface area (Å²) < 4.78 is 5.33. The number of fused-ring (bicyclic) bond motifs is 1. The van der Waals surface area contributed by atoms with E-state index in [0.29, 0.717) is 10.8 Å². The number of aromatic nitrogens is 1. The van der Waals surface area contributed by atoms with Gasteiger partial charge in [0.15, 0.2) is 5.76 Å². The molecule has 2 N–H and O–H groups in total. The molecule has 1 aromatic carbocycles. The number of nitrogens with one attached hydrogen (secondary N) is 2. The van der Waals surface area contributed by atoms with Gasteiger partial charge in [0.1, 0.15) is 10.8 Å². The van der Waals surface area contributed by atoms with E-state index >= 15 is 0 Å². The predicted octanol–water partition coefficient (Wildman–Crippen LogP) is 7.03. The molecule has 5 nitrogen and oxygen atoms in total. The van der Waals surface area contributed by atoms with Crippen molar-refractivity contribution < 1.29 is 9.21 Å². The first-order chi connectivity index (χ1) is 16.1. The van der Waals surface area contributed by atoms with E-state index in [0.717, 1.165) is 53.3 Å². The van der Waals surface area contributed by atoms with E-state index in [1.807, 2.05) is 43.3 Å². The number of carbonyl (C=O) groups excluding carboxylic acids is 1. The number of hydrogen-bond donors (Lipinski definition) is 2. The lowest BCUT2D eigenvalue weighted by molar-refractivity contribution is 0.0997. The van der Waals surface area contributed by atoms with Crippen molar-refractivity contribution >= 4 is 39.7 Å². The van der Waals surface area contributed by atoms with Crippen molar-refractivity contribution in [3.8, 4) is 0 Å². The standard InChI is InChI=1S/C26H24ClN3O2S/c1-16-7-4-13-22(28-16)29-24(17-8-5-9-18(27)15-17)23-19-10-2-3-12-21(19)33-26(23)30-25(31)20-11-6-14-32-20/h4-9,11,13-15,24H,2-3,10,12H2,1H3,(H,28,29)(H,30,31). The van der Waals surface area contributed by atoms with Gasteiger partial charge in [0.25, 0.3) is 5.91 Å². The molecule has 0 saturated carbocycles. The number of furan rings is 1. The number of carbonyl (C=O) groups is 1. The molecular formula is C26H24ClN3O2S. The second kappa shape index (κ2) is 9.41. The third kappa shape index (κ3) is 4.68. The fraction of sp³-hybridized carbons (Fsp3) is 0.231. The van der Waals surface area contributed by atoms with Gasteiger partial charge in [0, 0.05) is 21.2 Å². The van der Waals surface area contributed by atoms with Crippen LogP contribution in [0.15, 0.2) is 65.3 Å². The zero-order chi connectivity index (χ0) is 22.8. The molecule has 0 aliphatic heterocycles. The number of benzene rings is 1. The number of anilines is 2. The molecule has 0 saturated heterocycles. The third-order valence-corrected chi connectivity index (χ3v) is 7.29. The minimum Gasteiger partial charge on any atom is -0.459 e.